The maximum absolute atomic E-state index is 13.4. The second kappa shape index (κ2) is 8.56. The van der Waals surface area contributed by atoms with Gasteiger partial charge >= 0.3 is 0 Å². The molecule has 0 radical (unpaired) electrons. The van der Waals surface area contributed by atoms with Crippen molar-refractivity contribution in [2.75, 3.05) is 13.2 Å². The van der Waals surface area contributed by atoms with E-state index in [1.54, 1.807) is 0 Å². The molecule has 0 fully saturated rings. The molecule has 0 aliphatic heterocycles. The highest BCUT2D eigenvalue weighted by atomic mass is 79.9. The van der Waals surface area contributed by atoms with Crippen molar-refractivity contribution in [3.63, 3.8) is 0 Å². The lowest BCUT2D eigenvalue weighted by Crippen LogP contribution is -2.34. The molecule has 0 saturated heterocycles. The fraction of sp³-hybridized carbons (Fsp3) is 0.462. The van der Waals surface area contributed by atoms with E-state index < -0.39 is 12.1 Å². The van der Waals surface area contributed by atoms with Crippen molar-refractivity contribution in [1.29, 1.82) is 0 Å². The molecule has 1 rings (SSSR count). The van der Waals surface area contributed by atoms with Crippen LogP contribution in [-0.2, 0) is 16.0 Å². The van der Waals surface area contributed by atoms with Crippen molar-refractivity contribution in [3.8, 4) is 0 Å². The van der Waals surface area contributed by atoms with Crippen LogP contribution in [0.2, 0.25) is 5.02 Å². The fourth-order valence-corrected chi connectivity index (χ4v) is 2.16. The van der Waals surface area contributed by atoms with E-state index in [9.17, 15) is 4.39 Å². The fourth-order valence-electron chi connectivity index (χ4n) is 1.46. The Balaban J connectivity index is 2.82. The standard InChI is InChI=1S/C13H17BrClFN2O2/c1-3-19-13(20-4-2)12(17)18-7-8-5-11(16)9(14)6-10(8)15/h5-6,13H,3-4,7H2,1-2H3,(H2,17,18). The Morgan fingerprint density at radius 2 is 2.00 bits per heavy atom. The van der Waals surface area contributed by atoms with Gasteiger partial charge < -0.3 is 15.2 Å². The van der Waals surface area contributed by atoms with E-state index in [2.05, 4.69) is 20.9 Å². The Morgan fingerprint density at radius 1 is 1.40 bits per heavy atom. The van der Waals surface area contributed by atoms with E-state index in [1.165, 1.54) is 12.1 Å². The Hall–Kier alpha value is -0.690. The third-order valence-electron chi connectivity index (χ3n) is 2.40. The lowest BCUT2D eigenvalue weighted by molar-refractivity contribution is -0.0907. The van der Waals surface area contributed by atoms with Crippen LogP contribution in [-0.4, -0.2) is 25.3 Å². The Bertz CT molecular complexity index is 480. The van der Waals surface area contributed by atoms with Gasteiger partial charge in [-0.05, 0) is 47.5 Å². The first-order chi connectivity index (χ1) is 9.49. The molecule has 112 valence electrons. The smallest absolute Gasteiger partial charge is 0.216 e. The summed E-state index contributed by atoms with van der Waals surface area (Å²) in [5, 5.41) is 0.416. The van der Waals surface area contributed by atoms with Crippen LogP contribution in [0.3, 0.4) is 0 Å². The van der Waals surface area contributed by atoms with E-state index in [1.807, 2.05) is 13.8 Å². The summed E-state index contributed by atoms with van der Waals surface area (Å²) in [6, 6.07) is 2.81. The highest BCUT2D eigenvalue weighted by Gasteiger charge is 2.13. The van der Waals surface area contributed by atoms with Gasteiger partial charge in [0.2, 0.25) is 6.29 Å². The van der Waals surface area contributed by atoms with Crippen molar-refractivity contribution >= 4 is 33.4 Å². The first kappa shape index (κ1) is 17.4. The van der Waals surface area contributed by atoms with Gasteiger partial charge in [-0.1, -0.05) is 11.6 Å². The maximum atomic E-state index is 13.4. The average Bonchev–Trinajstić information content (AvgIpc) is 2.41. The van der Waals surface area contributed by atoms with Crippen LogP contribution in [0, 0.1) is 5.82 Å². The monoisotopic (exact) mass is 366 g/mol. The van der Waals surface area contributed by atoms with Crippen molar-refractivity contribution < 1.29 is 13.9 Å². The van der Waals surface area contributed by atoms with Gasteiger partial charge in [-0.3, -0.25) is 4.99 Å². The Morgan fingerprint density at radius 3 is 2.55 bits per heavy atom. The second-order valence-corrected chi connectivity index (χ2v) is 5.10. The topological polar surface area (TPSA) is 56.8 Å². The van der Waals surface area contributed by atoms with Crippen LogP contribution >= 0.6 is 27.5 Å². The number of hydrogen-bond donors (Lipinski definition) is 1. The van der Waals surface area contributed by atoms with Gasteiger partial charge in [-0.15, -0.1) is 0 Å². The highest BCUT2D eigenvalue weighted by Crippen LogP contribution is 2.25. The summed E-state index contributed by atoms with van der Waals surface area (Å²) in [7, 11) is 0. The van der Waals surface area contributed by atoms with Crippen LogP contribution in [0.1, 0.15) is 19.4 Å². The van der Waals surface area contributed by atoms with Gasteiger partial charge in [0.25, 0.3) is 0 Å². The Labute approximate surface area is 131 Å². The zero-order chi connectivity index (χ0) is 15.1. The molecule has 0 atom stereocenters. The zero-order valence-electron chi connectivity index (χ0n) is 11.3. The summed E-state index contributed by atoms with van der Waals surface area (Å²) in [5.74, 6) is -0.197. The molecule has 1 aromatic carbocycles. The molecule has 0 bridgehead atoms. The molecule has 7 heteroatoms. The molecule has 0 heterocycles. The first-order valence-electron chi connectivity index (χ1n) is 6.16. The number of aliphatic imine (C=N–C) groups is 1. The number of hydrogen-bond acceptors (Lipinski definition) is 3. The highest BCUT2D eigenvalue weighted by molar-refractivity contribution is 9.10. The van der Waals surface area contributed by atoms with Gasteiger partial charge in [0.05, 0.1) is 11.0 Å². The molecule has 0 saturated carbocycles. The van der Waals surface area contributed by atoms with E-state index >= 15 is 0 Å². The van der Waals surface area contributed by atoms with Crippen LogP contribution in [0.15, 0.2) is 21.6 Å². The molecule has 0 unspecified atom stereocenters. The lowest BCUT2D eigenvalue weighted by atomic mass is 10.2. The molecule has 2 N–H and O–H groups in total. The van der Waals surface area contributed by atoms with Gasteiger partial charge in [0.1, 0.15) is 5.82 Å². The number of ether oxygens (including phenoxy) is 2. The number of halogens is 3. The predicted octanol–water partition coefficient (Wildman–Crippen LogP) is 3.50. The third-order valence-corrected chi connectivity index (χ3v) is 3.36. The Kier molecular flexibility index (Phi) is 7.43. The van der Waals surface area contributed by atoms with Crippen molar-refractivity contribution in [3.05, 3.63) is 33.0 Å². The summed E-state index contributed by atoms with van der Waals surface area (Å²) in [6.07, 6.45) is -0.691. The van der Waals surface area contributed by atoms with Gasteiger partial charge in [-0.2, -0.15) is 0 Å². The number of benzene rings is 1. The summed E-state index contributed by atoms with van der Waals surface area (Å²) in [5.41, 5.74) is 6.35. The minimum atomic E-state index is -0.691. The molecule has 0 aliphatic rings. The molecule has 0 amide bonds. The van der Waals surface area contributed by atoms with Crippen molar-refractivity contribution in [2.45, 2.75) is 26.7 Å². The van der Waals surface area contributed by atoms with E-state index in [0.29, 0.717) is 28.3 Å². The van der Waals surface area contributed by atoms with Crippen LogP contribution in [0.5, 0.6) is 0 Å². The maximum Gasteiger partial charge on any atom is 0.216 e. The normalized spacial score (nSPS) is 12.2. The largest absolute Gasteiger partial charge is 0.383 e. The van der Waals surface area contributed by atoms with Gasteiger partial charge in [0.15, 0.2) is 5.84 Å². The molecule has 1 aromatic rings. The van der Waals surface area contributed by atoms with Crippen LogP contribution in [0.25, 0.3) is 0 Å². The SMILES string of the molecule is CCOC(OCC)C(N)=NCc1cc(F)c(Br)cc1Cl. The zero-order valence-corrected chi connectivity index (χ0v) is 13.7. The van der Waals surface area contributed by atoms with Crippen molar-refractivity contribution in [1.82, 2.24) is 0 Å². The minimum absolute atomic E-state index is 0.158. The third kappa shape index (κ3) is 5.01. The summed E-state index contributed by atoms with van der Waals surface area (Å²) < 4.78 is 24.4. The van der Waals surface area contributed by atoms with Crippen LogP contribution < -0.4 is 5.73 Å². The summed E-state index contributed by atoms with van der Waals surface area (Å²) in [4.78, 5) is 4.14. The number of rotatable bonds is 7. The molecule has 0 aliphatic carbocycles. The molecule has 4 nitrogen and oxygen atoms in total. The van der Waals surface area contributed by atoms with Crippen molar-refractivity contribution in [2.24, 2.45) is 10.7 Å². The first-order valence-corrected chi connectivity index (χ1v) is 7.33. The summed E-state index contributed by atoms with van der Waals surface area (Å²) >= 11 is 9.08. The van der Waals surface area contributed by atoms with Gasteiger partial charge in [-0.25, -0.2) is 4.39 Å². The molecular weight excluding hydrogens is 351 g/mol. The average molecular weight is 368 g/mol. The molecule has 0 spiro atoms. The number of nitrogens with two attached hydrogens (primary N) is 1. The number of amidine groups is 1. The second-order valence-electron chi connectivity index (χ2n) is 3.84. The van der Waals surface area contributed by atoms with E-state index in [-0.39, 0.29) is 12.4 Å². The van der Waals surface area contributed by atoms with Crippen LogP contribution in [0.4, 0.5) is 4.39 Å². The quantitative estimate of drug-likeness (QED) is 0.347. The lowest BCUT2D eigenvalue weighted by Gasteiger charge is -2.16. The minimum Gasteiger partial charge on any atom is -0.383 e. The molecular formula is C13H17BrClFN2O2. The predicted molar refractivity (Wildman–Crippen MR) is 81.5 cm³/mol. The van der Waals surface area contributed by atoms with E-state index in [0.717, 1.165) is 0 Å². The van der Waals surface area contributed by atoms with E-state index in [4.69, 9.17) is 26.8 Å². The molecule has 20 heavy (non-hydrogen) atoms. The summed E-state index contributed by atoms with van der Waals surface area (Å²) in [6.45, 7) is 4.73. The van der Waals surface area contributed by atoms with Gasteiger partial charge in [0, 0.05) is 18.2 Å². The number of nitrogens with zero attached hydrogens (tertiary/aromatic N) is 1. The molecule has 0 aromatic heterocycles.